The maximum Gasteiger partial charge on any atom is 0.140 e. The molecule has 0 saturated heterocycles. The summed E-state index contributed by atoms with van der Waals surface area (Å²) in [5.41, 5.74) is 3.58. The van der Waals surface area contributed by atoms with E-state index in [0.29, 0.717) is 12.3 Å². The molecule has 2 unspecified atom stereocenters. The third-order valence-corrected chi connectivity index (χ3v) is 5.18. The van der Waals surface area contributed by atoms with Crippen molar-refractivity contribution >= 4 is 5.78 Å². The summed E-state index contributed by atoms with van der Waals surface area (Å²) in [4.78, 5) is 15.0. The van der Waals surface area contributed by atoms with Crippen LogP contribution in [-0.2, 0) is 11.2 Å². The van der Waals surface area contributed by atoms with Gasteiger partial charge in [0.1, 0.15) is 11.6 Å². The van der Waals surface area contributed by atoms with Crippen LogP contribution in [0.25, 0.3) is 0 Å². The van der Waals surface area contributed by atoms with Gasteiger partial charge in [-0.2, -0.15) is 0 Å². The highest BCUT2D eigenvalue weighted by Gasteiger charge is 2.35. The molecule has 0 heterocycles. The molecule has 0 aromatic heterocycles. The fourth-order valence-electron chi connectivity index (χ4n) is 3.91. The summed E-state index contributed by atoms with van der Waals surface area (Å²) in [6.45, 7) is 1.92. The van der Waals surface area contributed by atoms with E-state index in [0.717, 1.165) is 12.0 Å². The second-order valence-electron chi connectivity index (χ2n) is 7.02. The van der Waals surface area contributed by atoms with E-state index in [1.165, 1.54) is 23.3 Å². The molecule has 0 spiro atoms. The standard InChI is InChI=1S/C21H24FNO/c1-14(15-8-10-18(22)11-9-15)20(24)13-17-12-16-6-4-5-7-19(16)21(17)23(2)3/h4-11,14,17,21H,12-13H2,1-3H3/t14-,17?,21?/m0/s1. The normalized spacial score (nSPS) is 20.9. The number of benzene rings is 2. The molecule has 0 saturated carbocycles. The fraction of sp³-hybridized carbons (Fsp3) is 0.381. The average Bonchev–Trinajstić information content (AvgIpc) is 2.92. The zero-order chi connectivity index (χ0) is 17.3. The van der Waals surface area contributed by atoms with Crippen molar-refractivity contribution in [1.29, 1.82) is 0 Å². The molecule has 3 atom stereocenters. The van der Waals surface area contributed by atoms with Crippen molar-refractivity contribution in [1.82, 2.24) is 4.90 Å². The third-order valence-electron chi connectivity index (χ3n) is 5.18. The first kappa shape index (κ1) is 16.8. The van der Waals surface area contributed by atoms with Crippen LogP contribution in [0.1, 0.15) is 42.0 Å². The van der Waals surface area contributed by atoms with E-state index in [1.54, 1.807) is 12.1 Å². The van der Waals surface area contributed by atoms with Gasteiger partial charge in [0.15, 0.2) is 0 Å². The van der Waals surface area contributed by atoms with Crippen LogP contribution in [-0.4, -0.2) is 24.8 Å². The lowest BCUT2D eigenvalue weighted by molar-refractivity contribution is -0.121. The molecule has 1 aliphatic carbocycles. The molecule has 0 radical (unpaired) electrons. The van der Waals surface area contributed by atoms with E-state index in [-0.39, 0.29) is 23.6 Å². The Morgan fingerprint density at radius 1 is 1.17 bits per heavy atom. The van der Waals surface area contributed by atoms with Crippen LogP contribution < -0.4 is 0 Å². The molecular weight excluding hydrogens is 301 g/mol. The summed E-state index contributed by atoms with van der Waals surface area (Å²) >= 11 is 0. The number of hydrogen-bond acceptors (Lipinski definition) is 2. The largest absolute Gasteiger partial charge is 0.302 e. The Morgan fingerprint density at radius 2 is 1.83 bits per heavy atom. The Bertz CT molecular complexity index is 723. The summed E-state index contributed by atoms with van der Waals surface area (Å²) in [5.74, 6) is 0.0634. The van der Waals surface area contributed by atoms with Crippen LogP contribution in [0.3, 0.4) is 0 Å². The van der Waals surface area contributed by atoms with Gasteiger partial charge < -0.3 is 4.90 Å². The molecule has 0 bridgehead atoms. The zero-order valence-corrected chi connectivity index (χ0v) is 14.5. The average molecular weight is 325 g/mol. The minimum atomic E-state index is -0.266. The van der Waals surface area contributed by atoms with Crippen LogP contribution in [0.5, 0.6) is 0 Å². The maximum atomic E-state index is 13.1. The van der Waals surface area contributed by atoms with Gasteiger partial charge in [-0.25, -0.2) is 4.39 Å². The SMILES string of the molecule is C[C@H](C(=O)CC1Cc2ccccc2C1N(C)C)c1ccc(F)cc1. The van der Waals surface area contributed by atoms with Crippen molar-refractivity contribution in [2.45, 2.75) is 31.7 Å². The van der Waals surface area contributed by atoms with E-state index in [4.69, 9.17) is 0 Å². The summed E-state index contributed by atoms with van der Waals surface area (Å²) in [6.07, 6.45) is 1.50. The smallest absolute Gasteiger partial charge is 0.140 e. The lowest BCUT2D eigenvalue weighted by atomic mass is 9.87. The lowest BCUT2D eigenvalue weighted by Gasteiger charge is -2.27. The highest BCUT2D eigenvalue weighted by atomic mass is 19.1. The van der Waals surface area contributed by atoms with Crippen LogP contribution in [0.2, 0.25) is 0 Å². The highest BCUT2D eigenvalue weighted by molar-refractivity contribution is 5.85. The van der Waals surface area contributed by atoms with Crippen molar-refractivity contribution < 1.29 is 9.18 Å². The Morgan fingerprint density at radius 3 is 2.50 bits per heavy atom. The highest BCUT2D eigenvalue weighted by Crippen LogP contribution is 2.41. The number of hydrogen-bond donors (Lipinski definition) is 0. The molecule has 0 aliphatic heterocycles. The zero-order valence-electron chi connectivity index (χ0n) is 14.5. The Kier molecular flexibility index (Phi) is 4.81. The van der Waals surface area contributed by atoms with Crippen molar-refractivity contribution in [3.63, 3.8) is 0 Å². The van der Waals surface area contributed by atoms with Crippen LogP contribution in [0.15, 0.2) is 48.5 Å². The quantitative estimate of drug-likeness (QED) is 0.814. The molecule has 2 nitrogen and oxygen atoms in total. The number of rotatable bonds is 5. The molecule has 24 heavy (non-hydrogen) atoms. The number of fused-ring (bicyclic) bond motifs is 1. The third kappa shape index (κ3) is 3.27. The topological polar surface area (TPSA) is 20.3 Å². The molecule has 2 aromatic carbocycles. The number of carbonyl (C=O) groups excluding carboxylic acids is 1. The van der Waals surface area contributed by atoms with Gasteiger partial charge in [-0.05, 0) is 55.3 Å². The molecule has 0 amide bonds. The van der Waals surface area contributed by atoms with Gasteiger partial charge in [0.2, 0.25) is 0 Å². The molecule has 1 aliphatic rings. The van der Waals surface area contributed by atoms with Gasteiger partial charge in [0.25, 0.3) is 0 Å². The Balaban J connectivity index is 1.75. The van der Waals surface area contributed by atoms with Gasteiger partial charge in [-0.1, -0.05) is 43.3 Å². The Labute approximate surface area is 143 Å². The lowest BCUT2D eigenvalue weighted by Crippen LogP contribution is -2.27. The second kappa shape index (κ2) is 6.86. The summed E-state index contributed by atoms with van der Waals surface area (Å²) < 4.78 is 13.1. The van der Waals surface area contributed by atoms with Crippen molar-refractivity contribution in [3.05, 3.63) is 71.0 Å². The molecule has 3 rings (SSSR count). The van der Waals surface area contributed by atoms with Gasteiger partial charge in [0, 0.05) is 18.4 Å². The minimum Gasteiger partial charge on any atom is -0.302 e. The Hall–Kier alpha value is -2.00. The first-order valence-corrected chi connectivity index (χ1v) is 8.49. The van der Waals surface area contributed by atoms with E-state index < -0.39 is 0 Å². The fourth-order valence-corrected chi connectivity index (χ4v) is 3.91. The number of Topliss-reactive ketones (excluding diaryl/α,β-unsaturated/α-hetero) is 1. The van der Waals surface area contributed by atoms with Crippen LogP contribution in [0.4, 0.5) is 4.39 Å². The predicted molar refractivity (Wildman–Crippen MR) is 94.5 cm³/mol. The number of ketones is 1. The molecule has 0 N–H and O–H groups in total. The number of nitrogens with zero attached hydrogens (tertiary/aromatic N) is 1. The summed E-state index contributed by atoms with van der Waals surface area (Å²) in [5, 5.41) is 0. The molecular formula is C21H24FNO. The molecule has 3 heteroatoms. The summed E-state index contributed by atoms with van der Waals surface area (Å²) in [6, 6.07) is 15.0. The first-order chi connectivity index (χ1) is 11.5. The van der Waals surface area contributed by atoms with Crippen LogP contribution in [0, 0.1) is 11.7 Å². The van der Waals surface area contributed by atoms with Crippen molar-refractivity contribution in [3.8, 4) is 0 Å². The van der Waals surface area contributed by atoms with Gasteiger partial charge in [0.05, 0.1) is 0 Å². The summed E-state index contributed by atoms with van der Waals surface area (Å²) in [7, 11) is 4.15. The van der Waals surface area contributed by atoms with Gasteiger partial charge in [-0.3, -0.25) is 4.79 Å². The number of halogens is 1. The van der Waals surface area contributed by atoms with E-state index in [9.17, 15) is 9.18 Å². The van der Waals surface area contributed by atoms with E-state index in [2.05, 4.69) is 43.3 Å². The number of carbonyl (C=O) groups is 1. The van der Waals surface area contributed by atoms with Gasteiger partial charge in [-0.15, -0.1) is 0 Å². The predicted octanol–water partition coefficient (Wildman–Crippen LogP) is 4.36. The van der Waals surface area contributed by atoms with Gasteiger partial charge >= 0.3 is 0 Å². The second-order valence-corrected chi connectivity index (χ2v) is 7.02. The molecule has 0 fully saturated rings. The van der Waals surface area contributed by atoms with E-state index >= 15 is 0 Å². The molecule has 126 valence electrons. The molecule has 2 aromatic rings. The first-order valence-electron chi connectivity index (χ1n) is 8.49. The van der Waals surface area contributed by atoms with Crippen molar-refractivity contribution in [2.75, 3.05) is 14.1 Å². The minimum absolute atomic E-state index is 0.197. The maximum absolute atomic E-state index is 13.1. The monoisotopic (exact) mass is 325 g/mol. The van der Waals surface area contributed by atoms with Crippen molar-refractivity contribution in [2.24, 2.45) is 5.92 Å². The van der Waals surface area contributed by atoms with Crippen LogP contribution >= 0.6 is 0 Å². The van der Waals surface area contributed by atoms with E-state index in [1.807, 2.05) is 6.92 Å².